The first-order valence-corrected chi connectivity index (χ1v) is 4.68. The molecule has 0 aliphatic carbocycles. The maximum absolute atomic E-state index is 11.3. The number of hydrogen-bond acceptors (Lipinski definition) is 3. The molecule has 0 fully saturated rings. The van der Waals surface area contributed by atoms with Crippen LogP contribution in [0.25, 0.3) is 0 Å². The molecule has 0 unspecified atom stereocenters. The molecule has 14 heavy (non-hydrogen) atoms. The lowest BCUT2D eigenvalue weighted by Crippen LogP contribution is -1.98. The normalized spacial score (nSPS) is 9.86. The third-order valence-corrected chi connectivity index (χ3v) is 1.90. The smallest absolute Gasteiger partial charge is 0.162 e. The van der Waals surface area contributed by atoms with Crippen molar-refractivity contribution in [1.82, 2.24) is 0 Å². The molecule has 0 bridgehead atoms. The van der Waals surface area contributed by atoms with Gasteiger partial charge in [-0.05, 0) is 25.1 Å². The molecule has 0 aromatic heterocycles. The third-order valence-electron chi connectivity index (χ3n) is 1.90. The van der Waals surface area contributed by atoms with Gasteiger partial charge in [0.25, 0.3) is 0 Å². The number of carbonyl (C=O) groups is 1. The summed E-state index contributed by atoms with van der Waals surface area (Å²) < 4.78 is 5.17. The average molecular weight is 194 g/mol. The molecular formula is C11H14O3. The number of rotatable bonds is 4. The van der Waals surface area contributed by atoms with Crippen molar-refractivity contribution in [2.45, 2.75) is 20.3 Å². The van der Waals surface area contributed by atoms with E-state index in [1.165, 1.54) is 6.07 Å². The molecule has 1 aromatic carbocycles. The monoisotopic (exact) mass is 194 g/mol. The van der Waals surface area contributed by atoms with E-state index >= 15 is 0 Å². The molecule has 0 radical (unpaired) electrons. The van der Waals surface area contributed by atoms with Gasteiger partial charge in [0.2, 0.25) is 0 Å². The topological polar surface area (TPSA) is 46.5 Å². The minimum atomic E-state index is 0.0472. The van der Waals surface area contributed by atoms with Crippen LogP contribution >= 0.6 is 0 Å². The Hall–Kier alpha value is -1.51. The molecular weight excluding hydrogens is 180 g/mol. The van der Waals surface area contributed by atoms with Crippen molar-refractivity contribution < 1.29 is 14.6 Å². The van der Waals surface area contributed by atoms with Crippen molar-refractivity contribution in [2.75, 3.05) is 6.61 Å². The second-order valence-electron chi connectivity index (χ2n) is 2.89. The van der Waals surface area contributed by atoms with Gasteiger partial charge in [-0.1, -0.05) is 6.92 Å². The highest BCUT2D eigenvalue weighted by atomic mass is 16.5. The Bertz CT molecular complexity index is 331. The molecule has 0 atom stereocenters. The van der Waals surface area contributed by atoms with E-state index in [4.69, 9.17) is 4.74 Å². The summed E-state index contributed by atoms with van der Waals surface area (Å²) >= 11 is 0. The van der Waals surface area contributed by atoms with E-state index in [0.29, 0.717) is 24.3 Å². The first kappa shape index (κ1) is 10.6. The van der Waals surface area contributed by atoms with Gasteiger partial charge in [0.05, 0.1) is 6.61 Å². The predicted octanol–water partition coefficient (Wildman–Crippen LogP) is 2.38. The molecule has 0 aliphatic heterocycles. The zero-order chi connectivity index (χ0) is 10.6. The third kappa shape index (κ3) is 2.25. The Morgan fingerprint density at radius 1 is 1.43 bits per heavy atom. The lowest BCUT2D eigenvalue weighted by Gasteiger charge is -2.06. The van der Waals surface area contributed by atoms with Gasteiger partial charge in [0.15, 0.2) is 17.3 Å². The van der Waals surface area contributed by atoms with Crippen LogP contribution in [0, 0.1) is 0 Å². The molecule has 1 aromatic rings. The number of Topliss-reactive ketones (excluding diaryl/α,β-unsaturated/α-hetero) is 1. The Morgan fingerprint density at radius 2 is 2.14 bits per heavy atom. The fourth-order valence-corrected chi connectivity index (χ4v) is 1.16. The van der Waals surface area contributed by atoms with Crippen molar-refractivity contribution in [2.24, 2.45) is 0 Å². The van der Waals surface area contributed by atoms with Crippen molar-refractivity contribution in [3.8, 4) is 11.5 Å². The van der Waals surface area contributed by atoms with E-state index in [1.54, 1.807) is 19.1 Å². The molecule has 0 heterocycles. The predicted molar refractivity (Wildman–Crippen MR) is 53.9 cm³/mol. The first-order chi connectivity index (χ1) is 6.69. The standard InChI is InChI=1S/C11H14O3/c1-3-9(12)8-5-6-10(13)11(7-8)14-4-2/h5-7,13H,3-4H2,1-2H3. The molecule has 76 valence electrons. The highest BCUT2D eigenvalue weighted by Crippen LogP contribution is 2.27. The molecule has 0 aliphatic rings. The van der Waals surface area contributed by atoms with Crippen LogP contribution in [0.5, 0.6) is 11.5 Å². The molecule has 1 rings (SSSR count). The number of phenols is 1. The van der Waals surface area contributed by atoms with Gasteiger partial charge < -0.3 is 9.84 Å². The van der Waals surface area contributed by atoms with Crippen LogP contribution in [0.1, 0.15) is 30.6 Å². The number of benzene rings is 1. The van der Waals surface area contributed by atoms with Gasteiger partial charge in [0, 0.05) is 12.0 Å². The molecule has 3 heteroatoms. The molecule has 0 saturated heterocycles. The number of phenolic OH excluding ortho intramolecular Hbond substituents is 1. The lowest BCUT2D eigenvalue weighted by molar-refractivity contribution is 0.0987. The minimum Gasteiger partial charge on any atom is -0.504 e. The molecule has 0 amide bonds. The van der Waals surface area contributed by atoms with Gasteiger partial charge in [0.1, 0.15) is 0 Å². The van der Waals surface area contributed by atoms with Crippen molar-refractivity contribution in [3.05, 3.63) is 23.8 Å². The van der Waals surface area contributed by atoms with Gasteiger partial charge in [-0.2, -0.15) is 0 Å². The first-order valence-electron chi connectivity index (χ1n) is 4.68. The molecule has 1 N–H and O–H groups in total. The van der Waals surface area contributed by atoms with Crippen molar-refractivity contribution >= 4 is 5.78 Å². The second kappa shape index (κ2) is 4.65. The summed E-state index contributed by atoms with van der Waals surface area (Å²) in [6.07, 6.45) is 0.455. The van der Waals surface area contributed by atoms with E-state index in [9.17, 15) is 9.90 Å². The van der Waals surface area contributed by atoms with E-state index in [1.807, 2.05) is 6.92 Å². The fourth-order valence-electron chi connectivity index (χ4n) is 1.16. The van der Waals surface area contributed by atoms with E-state index in [-0.39, 0.29) is 11.5 Å². The number of carbonyl (C=O) groups excluding carboxylic acids is 1. The summed E-state index contributed by atoms with van der Waals surface area (Å²) in [5.41, 5.74) is 0.578. The lowest BCUT2D eigenvalue weighted by atomic mass is 10.1. The Morgan fingerprint density at radius 3 is 2.71 bits per heavy atom. The van der Waals surface area contributed by atoms with Crippen LogP contribution < -0.4 is 4.74 Å². The van der Waals surface area contributed by atoms with Crippen LogP contribution in [0.4, 0.5) is 0 Å². The van der Waals surface area contributed by atoms with Crippen LogP contribution in [-0.2, 0) is 0 Å². The summed E-state index contributed by atoms with van der Waals surface area (Å²) in [4.78, 5) is 11.3. The van der Waals surface area contributed by atoms with Crippen LogP contribution in [0.15, 0.2) is 18.2 Å². The Kier molecular flexibility index (Phi) is 3.51. The zero-order valence-electron chi connectivity index (χ0n) is 8.41. The van der Waals surface area contributed by atoms with Crippen LogP contribution in [0.3, 0.4) is 0 Å². The Balaban J connectivity index is 2.99. The van der Waals surface area contributed by atoms with Crippen molar-refractivity contribution in [1.29, 1.82) is 0 Å². The maximum Gasteiger partial charge on any atom is 0.162 e. The summed E-state index contributed by atoms with van der Waals surface area (Å²) in [5, 5.41) is 9.38. The fraction of sp³-hybridized carbons (Fsp3) is 0.364. The van der Waals surface area contributed by atoms with Crippen LogP contribution in [-0.4, -0.2) is 17.5 Å². The van der Waals surface area contributed by atoms with E-state index < -0.39 is 0 Å². The molecule has 0 spiro atoms. The number of hydrogen-bond donors (Lipinski definition) is 1. The average Bonchev–Trinajstić information content (AvgIpc) is 2.20. The minimum absolute atomic E-state index is 0.0472. The summed E-state index contributed by atoms with van der Waals surface area (Å²) in [5.74, 6) is 0.484. The highest BCUT2D eigenvalue weighted by Gasteiger charge is 2.07. The largest absolute Gasteiger partial charge is 0.504 e. The quantitative estimate of drug-likeness (QED) is 0.748. The molecule has 3 nitrogen and oxygen atoms in total. The van der Waals surface area contributed by atoms with Gasteiger partial charge in [-0.15, -0.1) is 0 Å². The van der Waals surface area contributed by atoms with Crippen molar-refractivity contribution in [3.63, 3.8) is 0 Å². The SMILES string of the molecule is CCOc1cc(C(=O)CC)ccc1O. The van der Waals surface area contributed by atoms with E-state index in [0.717, 1.165) is 0 Å². The summed E-state index contributed by atoms with van der Waals surface area (Å²) in [7, 11) is 0. The maximum atomic E-state index is 11.3. The Labute approximate surface area is 83.3 Å². The molecule has 0 saturated carbocycles. The van der Waals surface area contributed by atoms with Gasteiger partial charge in [-0.25, -0.2) is 0 Å². The zero-order valence-corrected chi connectivity index (χ0v) is 8.41. The van der Waals surface area contributed by atoms with Crippen LogP contribution in [0.2, 0.25) is 0 Å². The second-order valence-corrected chi connectivity index (χ2v) is 2.89. The summed E-state index contributed by atoms with van der Waals surface area (Å²) in [6, 6.07) is 4.65. The van der Waals surface area contributed by atoms with Gasteiger partial charge >= 0.3 is 0 Å². The summed E-state index contributed by atoms with van der Waals surface area (Å²) in [6.45, 7) is 4.10. The van der Waals surface area contributed by atoms with Gasteiger partial charge in [-0.3, -0.25) is 4.79 Å². The highest BCUT2D eigenvalue weighted by molar-refractivity contribution is 5.96. The van der Waals surface area contributed by atoms with E-state index in [2.05, 4.69) is 0 Å². The number of ether oxygens (including phenoxy) is 1. The number of ketones is 1. The number of aromatic hydroxyl groups is 1.